The Morgan fingerprint density at radius 3 is 2.38 bits per heavy atom. The Morgan fingerprint density at radius 1 is 0.853 bits per heavy atom. The molecule has 3 aromatic carbocycles. The zero-order valence-electron chi connectivity index (χ0n) is 19.1. The quantitative estimate of drug-likeness (QED) is 0.338. The summed E-state index contributed by atoms with van der Waals surface area (Å²) in [4.78, 5) is 25.4. The Labute approximate surface area is 202 Å². The maximum atomic E-state index is 12.8. The van der Waals surface area contributed by atoms with Gasteiger partial charge in [-0.2, -0.15) is 0 Å². The molecule has 2 N–H and O–H groups in total. The van der Waals surface area contributed by atoms with Gasteiger partial charge < -0.3 is 15.1 Å². The summed E-state index contributed by atoms with van der Waals surface area (Å²) in [6.45, 7) is 5.97. The van der Waals surface area contributed by atoms with E-state index in [4.69, 9.17) is 4.42 Å². The van der Waals surface area contributed by atoms with E-state index in [1.807, 2.05) is 57.2 Å². The molecule has 0 unspecified atom stereocenters. The Kier molecular flexibility index (Phi) is 7.08. The van der Waals surface area contributed by atoms with Crippen molar-refractivity contribution in [1.29, 1.82) is 0 Å². The van der Waals surface area contributed by atoms with Crippen molar-refractivity contribution in [2.24, 2.45) is 0 Å². The minimum atomic E-state index is -0.302. The van der Waals surface area contributed by atoms with Gasteiger partial charge in [0.1, 0.15) is 0 Å². The molecule has 0 radical (unpaired) electrons. The third kappa shape index (κ3) is 5.90. The summed E-state index contributed by atoms with van der Waals surface area (Å²) in [6, 6.07) is 20.4. The van der Waals surface area contributed by atoms with Gasteiger partial charge in [0.05, 0.1) is 17.0 Å². The van der Waals surface area contributed by atoms with Gasteiger partial charge in [-0.15, -0.1) is 10.2 Å². The number of hydrogen-bond donors (Lipinski definition) is 2. The van der Waals surface area contributed by atoms with E-state index in [9.17, 15) is 9.59 Å². The molecule has 0 bridgehead atoms. The predicted molar refractivity (Wildman–Crippen MR) is 134 cm³/mol. The third-order valence-corrected chi connectivity index (χ3v) is 5.74. The Bertz CT molecular complexity index is 1330. The number of carbonyl (C=O) groups excluding carboxylic acids is 2. The van der Waals surface area contributed by atoms with Crippen LogP contribution in [0.2, 0.25) is 0 Å². The third-order valence-electron chi connectivity index (χ3n) is 4.92. The molecular weight excluding hydrogens is 448 g/mol. The molecule has 8 heteroatoms. The Hall–Kier alpha value is -3.91. The van der Waals surface area contributed by atoms with E-state index in [0.29, 0.717) is 28.1 Å². The molecule has 0 saturated heterocycles. The highest BCUT2D eigenvalue weighted by molar-refractivity contribution is 7.99. The summed E-state index contributed by atoms with van der Waals surface area (Å²) in [5, 5.41) is 14.1. The van der Waals surface area contributed by atoms with Crippen molar-refractivity contribution in [3.05, 3.63) is 89.0 Å². The lowest BCUT2D eigenvalue weighted by Crippen LogP contribution is -2.19. The van der Waals surface area contributed by atoms with Crippen molar-refractivity contribution in [3.63, 3.8) is 0 Å². The predicted octanol–water partition coefficient (Wildman–Crippen LogP) is 5.64. The lowest BCUT2D eigenvalue weighted by atomic mass is 10.1. The van der Waals surface area contributed by atoms with Crippen LogP contribution >= 0.6 is 11.8 Å². The molecule has 2 amide bonds. The number of amides is 2. The highest BCUT2D eigenvalue weighted by atomic mass is 32.2. The van der Waals surface area contributed by atoms with Crippen molar-refractivity contribution >= 4 is 35.0 Å². The molecule has 7 nitrogen and oxygen atoms in total. The maximum Gasteiger partial charge on any atom is 0.277 e. The van der Waals surface area contributed by atoms with Gasteiger partial charge in [0.25, 0.3) is 11.1 Å². The first kappa shape index (κ1) is 23.3. The molecule has 4 rings (SSSR count). The van der Waals surface area contributed by atoms with Crippen LogP contribution in [0.4, 0.5) is 11.4 Å². The van der Waals surface area contributed by atoms with Crippen molar-refractivity contribution in [2.75, 3.05) is 16.4 Å². The fraction of sp³-hybridized carbons (Fsp3) is 0.154. The van der Waals surface area contributed by atoms with Gasteiger partial charge in [0.2, 0.25) is 11.8 Å². The number of aromatic nitrogens is 2. The van der Waals surface area contributed by atoms with Gasteiger partial charge >= 0.3 is 0 Å². The number of hydrogen-bond acceptors (Lipinski definition) is 6. The molecule has 172 valence electrons. The monoisotopic (exact) mass is 472 g/mol. The van der Waals surface area contributed by atoms with Crippen molar-refractivity contribution in [3.8, 4) is 11.5 Å². The van der Waals surface area contributed by atoms with Gasteiger partial charge in [-0.25, -0.2) is 0 Å². The number of benzene rings is 3. The summed E-state index contributed by atoms with van der Waals surface area (Å²) in [7, 11) is 0. The van der Waals surface area contributed by atoms with Crippen molar-refractivity contribution < 1.29 is 14.0 Å². The van der Waals surface area contributed by atoms with Gasteiger partial charge in [-0.05, 0) is 62.7 Å². The van der Waals surface area contributed by atoms with Crippen LogP contribution in [0, 0.1) is 20.8 Å². The van der Waals surface area contributed by atoms with E-state index in [1.54, 1.807) is 24.3 Å². The number of nitrogens with zero attached hydrogens (tertiary/aromatic N) is 2. The minimum Gasteiger partial charge on any atom is -0.411 e. The molecule has 0 atom stereocenters. The molecule has 0 aliphatic heterocycles. The second-order valence-corrected chi connectivity index (χ2v) is 8.88. The molecule has 0 aliphatic carbocycles. The van der Waals surface area contributed by atoms with Gasteiger partial charge in [-0.1, -0.05) is 53.2 Å². The lowest BCUT2D eigenvalue weighted by Gasteiger charge is -2.11. The summed E-state index contributed by atoms with van der Waals surface area (Å²) in [5.74, 6) is -0.119. The lowest BCUT2D eigenvalue weighted by molar-refractivity contribution is -0.113. The Balaban J connectivity index is 1.38. The van der Waals surface area contributed by atoms with Gasteiger partial charge in [0.15, 0.2) is 0 Å². The van der Waals surface area contributed by atoms with Gasteiger partial charge in [-0.3, -0.25) is 9.59 Å². The molecule has 1 heterocycles. The molecule has 4 aromatic rings. The maximum absolute atomic E-state index is 12.8. The first-order valence-corrected chi connectivity index (χ1v) is 11.7. The van der Waals surface area contributed by atoms with Crippen LogP contribution in [0.15, 0.2) is 76.4 Å². The number of thioether (sulfide) groups is 1. The molecular formula is C26H24N4O3S. The molecule has 0 fully saturated rings. The molecule has 34 heavy (non-hydrogen) atoms. The van der Waals surface area contributed by atoms with Crippen molar-refractivity contribution in [1.82, 2.24) is 10.2 Å². The first-order chi connectivity index (χ1) is 16.4. The molecule has 0 aliphatic rings. The average molecular weight is 473 g/mol. The van der Waals surface area contributed by atoms with Crippen LogP contribution in [0.1, 0.15) is 27.0 Å². The summed E-state index contributed by atoms with van der Waals surface area (Å²) in [6.07, 6.45) is 0. The smallest absolute Gasteiger partial charge is 0.277 e. The van der Waals surface area contributed by atoms with E-state index in [2.05, 4.69) is 26.9 Å². The molecule has 1 aromatic heterocycles. The summed E-state index contributed by atoms with van der Waals surface area (Å²) >= 11 is 1.14. The van der Waals surface area contributed by atoms with Crippen LogP contribution in [0.3, 0.4) is 0 Å². The van der Waals surface area contributed by atoms with Gasteiger partial charge in [0, 0.05) is 11.3 Å². The van der Waals surface area contributed by atoms with Crippen LogP contribution < -0.4 is 10.6 Å². The standard InChI is InChI=1S/C26H24N4O3S/c1-16-7-6-8-20(14-16)27-24(32)21-9-4-5-10-22(21)28-23(31)15-34-26-30-29-25(33-26)19-12-17(2)11-18(3)13-19/h4-14H,15H2,1-3H3,(H,27,32)(H,28,31). The van der Waals surface area contributed by atoms with Crippen LogP contribution in [-0.2, 0) is 4.79 Å². The summed E-state index contributed by atoms with van der Waals surface area (Å²) in [5.41, 5.74) is 5.58. The second-order valence-electron chi connectivity index (χ2n) is 7.96. The Morgan fingerprint density at radius 2 is 1.62 bits per heavy atom. The summed E-state index contributed by atoms with van der Waals surface area (Å²) < 4.78 is 5.71. The van der Waals surface area contributed by atoms with E-state index in [1.165, 1.54) is 0 Å². The first-order valence-electron chi connectivity index (χ1n) is 10.7. The van der Waals surface area contributed by atoms with E-state index in [0.717, 1.165) is 34.0 Å². The highest BCUT2D eigenvalue weighted by Crippen LogP contribution is 2.25. The SMILES string of the molecule is Cc1cccc(NC(=O)c2ccccc2NC(=O)CSc2nnc(-c3cc(C)cc(C)c3)o2)c1. The van der Waals surface area contributed by atoms with E-state index in [-0.39, 0.29) is 17.6 Å². The minimum absolute atomic E-state index is 0.0578. The van der Waals surface area contributed by atoms with Crippen LogP contribution in [-0.4, -0.2) is 27.8 Å². The van der Waals surface area contributed by atoms with Crippen LogP contribution in [0.5, 0.6) is 0 Å². The number of para-hydroxylation sites is 1. The number of anilines is 2. The number of nitrogens with one attached hydrogen (secondary N) is 2. The number of carbonyl (C=O) groups is 2. The fourth-order valence-electron chi connectivity index (χ4n) is 3.51. The van der Waals surface area contributed by atoms with Crippen LogP contribution in [0.25, 0.3) is 11.5 Å². The highest BCUT2D eigenvalue weighted by Gasteiger charge is 2.15. The van der Waals surface area contributed by atoms with E-state index >= 15 is 0 Å². The number of rotatable bonds is 7. The number of aryl methyl sites for hydroxylation is 3. The average Bonchev–Trinajstić information content (AvgIpc) is 3.27. The second kappa shape index (κ2) is 10.4. The zero-order valence-corrected chi connectivity index (χ0v) is 19.9. The topological polar surface area (TPSA) is 97.1 Å². The normalized spacial score (nSPS) is 10.7. The molecule has 0 saturated carbocycles. The van der Waals surface area contributed by atoms with E-state index < -0.39 is 0 Å². The fourth-order valence-corrected chi connectivity index (χ4v) is 4.07. The largest absolute Gasteiger partial charge is 0.411 e. The van der Waals surface area contributed by atoms with Crippen molar-refractivity contribution in [2.45, 2.75) is 26.0 Å². The molecule has 0 spiro atoms. The zero-order chi connectivity index (χ0) is 24.1.